The van der Waals surface area contributed by atoms with Crippen LogP contribution in [0.15, 0.2) is 53.0 Å². The summed E-state index contributed by atoms with van der Waals surface area (Å²) in [6.45, 7) is 1.14. The molecule has 2 amide bonds. The average molecular weight is 550 g/mol. The molecule has 32 heavy (non-hydrogen) atoms. The maximum Gasteiger partial charge on any atom is 0.257 e. The molecule has 1 aliphatic rings. The van der Waals surface area contributed by atoms with Gasteiger partial charge in [-0.25, -0.2) is 0 Å². The Hall–Kier alpha value is -2.46. The van der Waals surface area contributed by atoms with Gasteiger partial charge >= 0.3 is 0 Å². The Balaban J connectivity index is 1.56. The molecule has 0 aliphatic carbocycles. The number of benzene rings is 2. The zero-order valence-electron chi connectivity index (χ0n) is 16.7. The van der Waals surface area contributed by atoms with Gasteiger partial charge in [-0.05, 0) is 64.4 Å². The van der Waals surface area contributed by atoms with Gasteiger partial charge in [0.2, 0.25) is 0 Å². The van der Waals surface area contributed by atoms with Crippen LogP contribution in [-0.4, -0.2) is 28.4 Å². The number of hydrogen-bond acceptors (Lipinski definition) is 4. The summed E-state index contributed by atoms with van der Waals surface area (Å²) in [5.41, 5.74) is 8.09. The number of carbonyl (C=O) groups excluding carboxylic acids is 2. The monoisotopic (exact) mass is 548 g/mol. The van der Waals surface area contributed by atoms with Crippen LogP contribution in [0.25, 0.3) is 0 Å². The molecule has 0 atom stereocenters. The predicted octanol–water partition coefficient (Wildman–Crippen LogP) is 5.27. The quantitative estimate of drug-likeness (QED) is 0.386. The van der Waals surface area contributed by atoms with Crippen molar-refractivity contribution in [1.29, 1.82) is 0 Å². The topological polar surface area (TPSA) is 87.5 Å². The van der Waals surface area contributed by atoms with Crippen molar-refractivity contribution in [3.63, 3.8) is 0 Å². The van der Waals surface area contributed by atoms with Crippen LogP contribution in [0.3, 0.4) is 0 Å². The number of nitrogens with two attached hydrogens (primary N) is 1. The number of thiophene rings is 1. The normalized spacial score (nSPS) is 12.8. The van der Waals surface area contributed by atoms with Crippen molar-refractivity contribution >= 4 is 78.7 Å². The van der Waals surface area contributed by atoms with Crippen LogP contribution in [-0.2, 0) is 13.0 Å². The standard InChI is InChI=1S/C22H18BrClN4O2S2/c23-14-6-2-4-8-16(14)26-22(31)28-10-9-13-17(11-28)32-21(18(13)19(25)29)27-20(30)12-5-1-3-7-15(12)24/h1-8H,9-11H2,(H2,25,29)(H,26,31)(H,27,30). The molecule has 2 heterocycles. The predicted molar refractivity (Wildman–Crippen MR) is 137 cm³/mol. The molecule has 0 saturated heterocycles. The van der Waals surface area contributed by atoms with Crippen LogP contribution in [0.2, 0.25) is 5.02 Å². The van der Waals surface area contributed by atoms with Gasteiger partial charge in [-0.2, -0.15) is 0 Å². The second-order valence-corrected chi connectivity index (χ2v) is 9.84. The van der Waals surface area contributed by atoms with E-state index in [0.29, 0.717) is 45.8 Å². The molecule has 4 N–H and O–H groups in total. The Morgan fingerprint density at radius 3 is 2.56 bits per heavy atom. The van der Waals surface area contributed by atoms with E-state index in [-0.39, 0.29) is 5.91 Å². The first-order valence-electron chi connectivity index (χ1n) is 9.66. The smallest absolute Gasteiger partial charge is 0.257 e. The first-order valence-corrected chi connectivity index (χ1v) is 12.1. The van der Waals surface area contributed by atoms with Gasteiger partial charge < -0.3 is 21.3 Å². The highest BCUT2D eigenvalue weighted by molar-refractivity contribution is 9.10. The largest absolute Gasteiger partial charge is 0.365 e. The van der Waals surface area contributed by atoms with E-state index < -0.39 is 5.91 Å². The number of amides is 2. The van der Waals surface area contributed by atoms with E-state index in [0.717, 1.165) is 20.6 Å². The number of nitrogens with one attached hydrogen (secondary N) is 2. The van der Waals surface area contributed by atoms with Crippen LogP contribution in [0.5, 0.6) is 0 Å². The number of anilines is 2. The molecule has 0 unspecified atom stereocenters. The second kappa shape index (κ2) is 9.58. The molecule has 1 aliphatic heterocycles. The summed E-state index contributed by atoms with van der Waals surface area (Å²) in [6.07, 6.45) is 0.587. The lowest BCUT2D eigenvalue weighted by Gasteiger charge is -2.30. The average Bonchev–Trinajstić information content (AvgIpc) is 3.12. The molecule has 1 aromatic heterocycles. The van der Waals surface area contributed by atoms with Crippen LogP contribution >= 0.6 is 51.1 Å². The summed E-state index contributed by atoms with van der Waals surface area (Å²) >= 11 is 16.6. The zero-order chi connectivity index (χ0) is 22.8. The fourth-order valence-electron chi connectivity index (χ4n) is 3.50. The molecule has 4 rings (SSSR count). The van der Waals surface area contributed by atoms with E-state index in [2.05, 4.69) is 26.6 Å². The van der Waals surface area contributed by atoms with Crippen LogP contribution in [0, 0.1) is 0 Å². The molecule has 0 bridgehead atoms. The first kappa shape index (κ1) is 22.7. The van der Waals surface area contributed by atoms with Gasteiger partial charge in [-0.1, -0.05) is 35.9 Å². The van der Waals surface area contributed by atoms with Gasteiger partial charge in [0.1, 0.15) is 5.00 Å². The Labute approximate surface area is 207 Å². The molecule has 0 radical (unpaired) electrons. The van der Waals surface area contributed by atoms with Crippen molar-refractivity contribution < 1.29 is 9.59 Å². The van der Waals surface area contributed by atoms with Gasteiger partial charge in [0.15, 0.2) is 5.11 Å². The van der Waals surface area contributed by atoms with Crippen molar-refractivity contribution in [3.05, 3.63) is 79.6 Å². The number of rotatable bonds is 4. The third-order valence-corrected chi connectivity index (χ3v) is 7.57. The fraction of sp³-hybridized carbons (Fsp3) is 0.136. The van der Waals surface area contributed by atoms with Crippen molar-refractivity contribution in [2.75, 3.05) is 17.2 Å². The zero-order valence-corrected chi connectivity index (χ0v) is 20.6. The van der Waals surface area contributed by atoms with E-state index in [4.69, 9.17) is 29.6 Å². The minimum absolute atomic E-state index is 0.330. The molecule has 10 heteroatoms. The van der Waals surface area contributed by atoms with Crippen LogP contribution in [0.4, 0.5) is 10.7 Å². The van der Waals surface area contributed by atoms with Gasteiger partial charge in [0, 0.05) is 15.9 Å². The van der Waals surface area contributed by atoms with Gasteiger partial charge in [-0.15, -0.1) is 11.3 Å². The molecule has 6 nitrogen and oxygen atoms in total. The molecule has 0 spiro atoms. The van der Waals surface area contributed by atoms with Gasteiger partial charge in [0.25, 0.3) is 11.8 Å². The second-order valence-electron chi connectivity index (χ2n) is 7.09. The lowest BCUT2D eigenvalue weighted by molar-refractivity contribution is 0.1000. The highest BCUT2D eigenvalue weighted by Crippen LogP contribution is 2.37. The number of para-hydroxylation sites is 1. The number of fused-ring (bicyclic) bond motifs is 1. The molecule has 0 saturated carbocycles. The Bertz CT molecular complexity index is 1230. The maximum absolute atomic E-state index is 12.7. The van der Waals surface area contributed by atoms with Gasteiger partial charge in [0.05, 0.1) is 28.4 Å². The van der Waals surface area contributed by atoms with Gasteiger partial charge in [-0.3, -0.25) is 9.59 Å². The Morgan fingerprint density at radius 2 is 1.84 bits per heavy atom. The minimum atomic E-state index is -0.570. The lowest BCUT2D eigenvalue weighted by Crippen LogP contribution is -2.38. The van der Waals surface area contributed by atoms with E-state index in [9.17, 15) is 9.59 Å². The molecule has 0 fully saturated rings. The van der Waals surface area contributed by atoms with Crippen LogP contribution in [0.1, 0.15) is 31.2 Å². The SMILES string of the molecule is NC(=O)c1c(NC(=O)c2ccccc2Cl)sc2c1CCN(C(=S)Nc1ccccc1Br)C2. The minimum Gasteiger partial charge on any atom is -0.365 e. The number of primary amides is 1. The number of halogens is 2. The lowest BCUT2D eigenvalue weighted by atomic mass is 10.0. The third kappa shape index (κ3) is 4.66. The molecule has 3 aromatic rings. The van der Waals surface area contributed by atoms with E-state index in [1.807, 2.05) is 29.2 Å². The maximum atomic E-state index is 12.7. The summed E-state index contributed by atoms with van der Waals surface area (Å²) < 4.78 is 0.914. The number of thiocarbonyl (C=S) groups is 1. The van der Waals surface area contributed by atoms with Crippen LogP contribution < -0.4 is 16.4 Å². The summed E-state index contributed by atoms with van der Waals surface area (Å²) in [6, 6.07) is 14.5. The van der Waals surface area contributed by atoms with Crippen molar-refractivity contribution in [1.82, 2.24) is 4.90 Å². The molecule has 164 valence electrons. The summed E-state index contributed by atoms with van der Waals surface area (Å²) in [7, 11) is 0. The molecular weight excluding hydrogens is 532 g/mol. The highest BCUT2D eigenvalue weighted by atomic mass is 79.9. The van der Waals surface area contributed by atoms with Crippen molar-refractivity contribution in [3.8, 4) is 0 Å². The highest BCUT2D eigenvalue weighted by Gasteiger charge is 2.29. The first-order chi connectivity index (χ1) is 15.3. The van der Waals surface area contributed by atoms with E-state index >= 15 is 0 Å². The summed E-state index contributed by atoms with van der Waals surface area (Å²) in [5, 5.41) is 7.42. The Kier molecular flexibility index (Phi) is 6.80. The fourth-order valence-corrected chi connectivity index (χ4v) is 5.63. The van der Waals surface area contributed by atoms with Crippen molar-refractivity contribution in [2.24, 2.45) is 5.73 Å². The molecular formula is C22H18BrClN4O2S2. The van der Waals surface area contributed by atoms with E-state index in [1.54, 1.807) is 24.3 Å². The summed E-state index contributed by atoms with van der Waals surface area (Å²) in [4.78, 5) is 27.9. The Morgan fingerprint density at radius 1 is 1.12 bits per heavy atom. The number of nitrogens with zero attached hydrogens (tertiary/aromatic N) is 1. The number of carbonyl (C=O) groups is 2. The third-order valence-electron chi connectivity index (χ3n) is 5.05. The number of hydrogen-bond donors (Lipinski definition) is 3. The van der Waals surface area contributed by atoms with Crippen molar-refractivity contribution in [2.45, 2.75) is 13.0 Å². The van der Waals surface area contributed by atoms with E-state index in [1.165, 1.54) is 11.3 Å². The summed E-state index contributed by atoms with van der Waals surface area (Å²) in [5.74, 6) is -0.959. The molecule has 2 aromatic carbocycles.